The molecule has 1 heterocycles. The van der Waals surface area contributed by atoms with Gasteiger partial charge in [0, 0.05) is 12.8 Å². The smallest absolute Gasteiger partial charge is 0.303 e. The zero-order valence-electron chi connectivity index (χ0n) is 10.7. The SMILES string of the molecule is CCc1ccc2nc(CC(C)CC(=O)O)[nH]c2c1. The molecule has 0 saturated carbocycles. The number of H-pyrrole nitrogens is 1. The molecule has 1 atom stereocenters. The maximum atomic E-state index is 10.6. The van der Waals surface area contributed by atoms with Gasteiger partial charge in [0.1, 0.15) is 5.82 Å². The molecule has 0 aliphatic carbocycles. The number of imidazole rings is 1. The van der Waals surface area contributed by atoms with Gasteiger partial charge in [-0.15, -0.1) is 0 Å². The minimum absolute atomic E-state index is 0.0914. The molecule has 1 unspecified atom stereocenters. The van der Waals surface area contributed by atoms with Crippen LogP contribution in [0.3, 0.4) is 0 Å². The van der Waals surface area contributed by atoms with Gasteiger partial charge >= 0.3 is 5.97 Å². The summed E-state index contributed by atoms with van der Waals surface area (Å²) >= 11 is 0. The summed E-state index contributed by atoms with van der Waals surface area (Å²) in [6, 6.07) is 6.19. The van der Waals surface area contributed by atoms with E-state index in [1.807, 2.05) is 13.0 Å². The van der Waals surface area contributed by atoms with Crippen molar-refractivity contribution in [3.63, 3.8) is 0 Å². The zero-order valence-corrected chi connectivity index (χ0v) is 10.7. The molecule has 0 amide bonds. The average molecular weight is 246 g/mol. The van der Waals surface area contributed by atoms with Crippen molar-refractivity contribution in [2.45, 2.75) is 33.1 Å². The van der Waals surface area contributed by atoms with E-state index in [0.717, 1.165) is 23.3 Å². The Bertz CT molecular complexity index is 560. The van der Waals surface area contributed by atoms with Crippen LogP contribution in [0.25, 0.3) is 11.0 Å². The third-order valence-electron chi connectivity index (χ3n) is 3.07. The molecule has 0 aliphatic heterocycles. The summed E-state index contributed by atoms with van der Waals surface area (Å²) < 4.78 is 0. The molecule has 0 fully saturated rings. The molecule has 0 radical (unpaired) electrons. The van der Waals surface area contributed by atoms with E-state index in [1.165, 1.54) is 5.56 Å². The third kappa shape index (κ3) is 2.88. The second kappa shape index (κ2) is 5.21. The highest BCUT2D eigenvalue weighted by atomic mass is 16.4. The fourth-order valence-corrected chi connectivity index (χ4v) is 2.13. The van der Waals surface area contributed by atoms with Crippen molar-refractivity contribution in [2.24, 2.45) is 5.92 Å². The Morgan fingerprint density at radius 2 is 2.28 bits per heavy atom. The van der Waals surface area contributed by atoms with Gasteiger partial charge < -0.3 is 10.1 Å². The Hall–Kier alpha value is -1.84. The molecular formula is C14H18N2O2. The van der Waals surface area contributed by atoms with Crippen LogP contribution in [0, 0.1) is 5.92 Å². The van der Waals surface area contributed by atoms with E-state index in [0.29, 0.717) is 6.42 Å². The second-order valence-electron chi connectivity index (χ2n) is 4.80. The Kier molecular flexibility index (Phi) is 3.65. The molecule has 2 rings (SSSR count). The lowest BCUT2D eigenvalue weighted by Gasteiger charge is -2.04. The molecule has 1 aromatic heterocycles. The zero-order chi connectivity index (χ0) is 13.1. The van der Waals surface area contributed by atoms with E-state index in [1.54, 1.807) is 0 Å². The standard InChI is InChI=1S/C14H18N2O2/c1-3-10-4-5-11-12(8-10)16-13(15-11)6-9(2)7-14(17)18/h4-5,8-9H,3,6-7H2,1-2H3,(H,15,16)(H,17,18). The second-order valence-corrected chi connectivity index (χ2v) is 4.80. The molecule has 18 heavy (non-hydrogen) atoms. The Labute approximate surface area is 106 Å². The largest absolute Gasteiger partial charge is 0.481 e. The van der Waals surface area contributed by atoms with E-state index in [2.05, 4.69) is 29.0 Å². The fourth-order valence-electron chi connectivity index (χ4n) is 2.13. The topological polar surface area (TPSA) is 66.0 Å². The number of hydrogen-bond donors (Lipinski definition) is 2. The predicted octanol–water partition coefficient (Wildman–Crippen LogP) is 2.78. The van der Waals surface area contributed by atoms with E-state index in [4.69, 9.17) is 5.11 Å². The summed E-state index contributed by atoms with van der Waals surface area (Å²) in [7, 11) is 0. The first-order valence-corrected chi connectivity index (χ1v) is 6.27. The number of carboxylic acid groups (broad SMARTS) is 1. The third-order valence-corrected chi connectivity index (χ3v) is 3.07. The molecule has 0 bridgehead atoms. The lowest BCUT2D eigenvalue weighted by Crippen LogP contribution is -2.07. The molecule has 4 heteroatoms. The first kappa shape index (κ1) is 12.6. The lowest BCUT2D eigenvalue weighted by atomic mass is 10.0. The number of benzene rings is 1. The highest BCUT2D eigenvalue weighted by molar-refractivity contribution is 5.75. The highest BCUT2D eigenvalue weighted by Crippen LogP contribution is 2.17. The van der Waals surface area contributed by atoms with Crippen LogP contribution in [0.1, 0.15) is 31.7 Å². The molecular weight excluding hydrogens is 228 g/mol. The van der Waals surface area contributed by atoms with Crippen LogP contribution in [-0.2, 0) is 17.6 Å². The quantitative estimate of drug-likeness (QED) is 0.852. The van der Waals surface area contributed by atoms with E-state index in [-0.39, 0.29) is 12.3 Å². The van der Waals surface area contributed by atoms with E-state index >= 15 is 0 Å². The van der Waals surface area contributed by atoms with E-state index in [9.17, 15) is 4.79 Å². The summed E-state index contributed by atoms with van der Waals surface area (Å²) in [5, 5.41) is 8.74. The summed E-state index contributed by atoms with van der Waals surface area (Å²) in [4.78, 5) is 18.4. The Morgan fingerprint density at radius 1 is 1.50 bits per heavy atom. The van der Waals surface area contributed by atoms with Crippen molar-refractivity contribution in [1.82, 2.24) is 9.97 Å². The lowest BCUT2D eigenvalue weighted by molar-refractivity contribution is -0.137. The van der Waals surface area contributed by atoms with Crippen molar-refractivity contribution < 1.29 is 9.90 Å². The molecule has 2 N–H and O–H groups in total. The summed E-state index contributed by atoms with van der Waals surface area (Å²) in [5.74, 6) is 0.201. The number of carboxylic acids is 1. The molecule has 96 valence electrons. The van der Waals surface area contributed by atoms with Gasteiger partial charge in [0.05, 0.1) is 11.0 Å². The Balaban J connectivity index is 2.17. The number of nitrogens with one attached hydrogen (secondary N) is 1. The van der Waals surface area contributed by atoms with Gasteiger partial charge in [-0.25, -0.2) is 4.98 Å². The minimum atomic E-state index is -0.758. The number of aryl methyl sites for hydroxylation is 1. The molecule has 4 nitrogen and oxygen atoms in total. The van der Waals surface area contributed by atoms with Gasteiger partial charge in [0.25, 0.3) is 0 Å². The highest BCUT2D eigenvalue weighted by Gasteiger charge is 2.11. The number of aromatic amines is 1. The average Bonchev–Trinajstić information content (AvgIpc) is 2.68. The van der Waals surface area contributed by atoms with Crippen molar-refractivity contribution in [2.75, 3.05) is 0 Å². The van der Waals surface area contributed by atoms with Gasteiger partial charge in [-0.2, -0.15) is 0 Å². The van der Waals surface area contributed by atoms with Crippen molar-refractivity contribution in [1.29, 1.82) is 0 Å². The van der Waals surface area contributed by atoms with Gasteiger partial charge in [-0.05, 0) is 30.0 Å². The van der Waals surface area contributed by atoms with Crippen LogP contribution in [0.4, 0.5) is 0 Å². The summed E-state index contributed by atoms with van der Waals surface area (Å²) in [6.45, 7) is 4.05. The normalized spacial score (nSPS) is 12.8. The van der Waals surface area contributed by atoms with Crippen molar-refractivity contribution >= 4 is 17.0 Å². The van der Waals surface area contributed by atoms with Gasteiger partial charge in [0.2, 0.25) is 0 Å². The van der Waals surface area contributed by atoms with Crippen LogP contribution < -0.4 is 0 Å². The molecule has 2 aromatic rings. The van der Waals surface area contributed by atoms with Gasteiger partial charge in [0.15, 0.2) is 0 Å². The van der Waals surface area contributed by atoms with Crippen molar-refractivity contribution in [3.05, 3.63) is 29.6 Å². The van der Waals surface area contributed by atoms with Crippen LogP contribution >= 0.6 is 0 Å². The van der Waals surface area contributed by atoms with Gasteiger partial charge in [-0.3, -0.25) is 4.79 Å². The molecule has 0 aliphatic rings. The first-order chi connectivity index (χ1) is 8.58. The molecule has 0 spiro atoms. The molecule has 0 saturated heterocycles. The number of aromatic nitrogens is 2. The van der Waals surface area contributed by atoms with Crippen LogP contribution in [0.2, 0.25) is 0 Å². The number of rotatable bonds is 5. The number of fused-ring (bicyclic) bond motifs is 1. The monoisotopic (exact) mass is 246 g/mol. The maximum Gasteiger partial charge on any atom is 0.303 e. The van der Waals surface area contributed by atoms with Crippen LogP contribution in [0.15, 0.2) is 18.2 Å². The fraction of sp³-hybridized carbons (Fsp3) is 0.429. The van der Waals surface area contributed by atoms with Gasteiger partial charge in [-0.1, -0.05) is 19.9 Å². The first-order valence-electron chi connectivity index (χ1n) is 6.27. The number of carbonyl (C=O) groups is 1. The van der Waals surface area contributed by atoms with Crippen molar-refractivity contribution in [3.8, 4) is 0 Å². The number of nitrogens with zero attached hydrogens (tertiary/aromatic N) is 1. The summed E-state index contributed by atoms with van der Waals surface area (Å²) in [6.07, 6.45) is 1.85. The minimum Gasteiger partial charge on any atom is -0.481 e. The van der Waals surface area contributed by atoms with Crippen LogP contribution in [0.5, 0.6) is 0 Å². The predicted molar refractivity (Wildman–Crippen MR) is 70.6 cm³/mol. The number of aliphatic carboxylic acids is 1. The number of hydrogen-bond acceptors (Lipinski definition) is 2. The maximum absolute atomic E-state index is 10.6. The van der Waals surface area contributed by atoms with Crippen LogP contribution in [-0.4, -0.2) is 21.0 Å². The molecule has 1 aromatic carbocycles. The van der Waals surface area contributed by atoms with E-state index < -0.39 is 5.97 Å². The Morgan fingerprint density at radius 3 is 2.94 bits per heavy atom. The summed E-state index contributed by atoms with van der Waals surface area (Å²) in [5.41, 5.74) is 3.26.